The van der Waals surface area contributed by atoms with Gasteiger partial charge in [0.2, 0.25) is 5.82 Å². The van der Waals surface area contributed by atoms with Gasteiger partial charge in [-0.15, -0.1) is 0 Å². The lowest BCUT2D eigenvalue weighted by molar-refractivity contribution is -0.387. The Kier molecular flexibility index (Phi) is 3.49. The largest absolute Gasteiger partial charge is 0.309 e. The normalized spacial score (nSPS) is 15.4. The summed E-state index contributed by atoms with van der Waals surface area (Å²) in [6.07, 6.45) is 6.00. The van der Waals surface area contributed by atoms with Crippen LogP contribution in [0.15, 0.2) is 30.4 Å². The van der Waals surface area contributed by atoms with E-state index in [1.807, 2.05) is 0 Å². The predicted octanol–water partition coefficient (Wildman–Crippen LogP) is 2.54. The number of nitro benzene ring substituents is 1. The Hall–Kier alpha value is -1.75. The zero-order valence-electron chi connectivity index (χ0n) is 9.23. The third-order valence-corrected chi connectivity index (χ3v) is 2.84. The lowest BCUT2D eigenvalue weighted by Crippen LogP contribution is -2.26. The molecule has 1 aromatic rings. The molecule has 0 amide bonds. The van der Waals surface area contributed by atoms with Crippen molar-refractivity contribution in [2.24, 2.45) is 0 Å². The third kappa shape index (κ3) is 2.68. The fourth-order valence-corrected chi connectivity index (χ4v) is 1.88. The third-order valence-electron chi connectivity index (χ3n) is 2.84. The van der Waals surface area contributed by atoms with Gasteiger partial charge in [0.05, 0.1) is 4.92 Å². The van der Waals surface area contributed by atoms with E-state index in [4.69, 9.17) is 0 Å². The monoisotopic (exact) mass is 236 g/mol. The lowest BCUT2D eigenvalue weighted by atomic mass is 10.1. The van der Waals surface area contributed by atoms with Crippen LogP contribution in [0.3, 0.4) is 0 Å². The molecule has 0 spiro atoms. The Morgan fingerprint density at radius 2 is 2.12 bits per heavy atom. The van der Waals surface area contributed by atoms with E-state index in [2.05, 4.69) is 17.5 Å². The number of nitro groups is 1. The Morgan fingerprint density at radius 3 is 2.76 bits per heavy atom. The summed E-state index contributed by atoms with van der Waals surface area (Å²) in [6, 6.07) is 4.56. The standard InChI is InChI=1S/C12H13FN2O2/c13-12-9(4-3-7-11(12)15(16)17)8-14-10-5-1-2-6-10/h1-4,7,10,14H,5-6,8H2. The molecule has 0 radical (unpaired) electrons. The molecule has 0 bridgehead atoms. The van der Waals surface area contributed by atoms with E-state index in [1.165, 1.54) is 12.1 Å². The van der Waals surface area contributed by atoms with Gasteiger partial charge in [-0.2, -0.15) is 4.39 Å². The number of halogens is 1. The Balaban J connectivity index is 2.05. The van der Waals surface area contributed by atoms with Gasteiger partial charge in [-0.25, -0.2) is 0 Å². The molecule has 0 heterocycles. The molecule has 0 aromatic heterocycles. The molecule has 0 fully saturated rings. The number of rotatable bonds is 4. The fraction of sp³-hybridized carbons (Fsp3) is 0.333. The molecule has 0 atom stereocenters. The van der Waals surface area contributed by atoms with Crippen LogP contribution in [0, 0.1) is 15.9 Å². The molecule has 1 aromatic carbocycles. The molecule has 90 valence electrons. The van der Waals surface area contributed by atoms with E-state index in [0.717, 1.165) is 12.8 Å². The zero-order valence-corrected chi connectivity index (χ0v) is 9.23. The first-order valence-electron chi connectivity index (χ1n) is 5.48. The van der Waals surface area contributed by atoms with Gasteiger partial charge >= 0.3 is 5.69 Å². The van der Waals surface area contributed by atoms with E-state index in [0.29, 0.717) is 18.2 Å². The summed E-state index contributed by atoms with van der Waals surface area (Å²) in [5.74, 6) is -0.740. The summed E-state index contributed by atoms with van der Waals surface area (Å²) in [5.41, 5.74) is -0.125. The molecule has 0 saturated heterocycles. The van der Waals surface area contributed by atoms with E-state index in [9.17, 15) is 14.5 Å². The van der Waals surface area contributed by atoms with Crippen LogP contribution in [-0.2, 0) is 6.54 Å². The molecule has 17 heavy (non-hydrogen) atoms. The highest BCUT2D eigenvalue weighted by Gasteiger charge is 2.18. The van der Waals surface area contributed by atoms with Crippen LogP contribution in [-0.4, -0.2) is 11.0 Å². The Labute approximate surface area is 98.3 Å². The van der Waals surface area contributed by atoms with E-state index < -0.39 is 16.4 Å². The molecule has 1 aliphatic rings. The Bertz CT molecular complexity index is 452. The average molecular weight is 236 g/mol. The maximum atomic E-state index is 13.7. The summed E-state index contributed by atoms with van der Waals surface area (Å²) in [4.78, 5) is 9.87. The number of hydrogen-bond acceptors (Lipinski definition) is 3. The molecule has 1 aliphatic carbocycles. The molecule has 0 aliphatic heterocycles. The van der Waals surface area contributed by atoms with Crippen molar-refractivity contribution in [1.82, 2.24) is 5.32 Å². The summed E-state index contributed by atoms with van der Waals surface area (Å²) < 4.78 is 13.7. The number of benzene rings is 1. The van der Waals surface area contributed by atoms with E-state index in [1.54, 1.807) is 6.07 Å². The van der Waals surface area contributed by atoms with Gasteiger partial charge in [-0.3, -0.25) is 10.1 Å². The molecular formula is C12H13FN2O2. The van der Waals surface area contributed by atoms with Crippen LogP contribution in [0.5, 0.6) is 0 Å². The van der Waals surface area contributed by atoms with Crippen LogP contribution in [0.1, 0.15) is 18.4 Å². The number of nitrogens with one attached hydrogen (secondary N) is 1. The molecule has 1 N–H and O–H groups in total. The topological polar surface area (TPSA) is 55.2 Å². The van der Waals surface area contributed by atoms with Gasteiger partial charge in [0, 0.05) is 24.2 Å². The van der Waals surface area contributed by atoms with Crippen molar-refractivity contribution >= 4 is 5.69 Å². The van der Waals surface area contributed by atoms with Gasteiger partial charge in [0.1, 0.15) is 0 Å². The van der Waals surface area contributed by atoms with Crippen LogP contribution in [0.25, 0.3) is 0 Å². The summed E-state index contributed by atoms with van der Waals surface area (Å²) >= 11 is 0. The highest BCUT2D eigenvalue weighted by molar-refractivity contribution is 5.36. The van der Waals surface area contributed by atoms with Crippen molar-refractivity contribution < 1.29 is 9.31 Å². The van der Waals surface area contributed by atoms with Gasteiger partial charge in [-0.1, -0.05) is 24.3 Å². The molecular weight excluding hydrogens is 223 g/mol. The maximum absolute atomic E-state index is 13.7. The Morgan fingerprint density at radius 1 is 1.41 bits per heavy atom. The van der Waals surface area contributed by atoms with E-state index >= 15 is 0 Å². The van der Waals surface area contributed by atoms with Crippen molar-refractivity contribution in [1.29, 1.82) is 0 Å². The summed E-state index contributed by atoms with van der Waals surface area (Å²) in [7, 11) is 0. The summed E-state index contributed by atoms with van der Waals surface area (Å²) in [6.45, 7) is 0.319. The second kappa shape index (κ2) is 5.05. The minimum atomic E-state index is -0.740. The van der Waals surface area contributed by atoms with Gasteiger partial charge in [0.25, 0.3) is 0 Å². The highest BCUT2D eigenvalue weighted by Crippen LogP contribution is 2.20. The molecule has 2 rings (SSSR count). The first-order chi connectivity index (χ1) is 8.18. The zero-order chi connectivity index (χ0) is 12.3. The van der Waals surface area contributed by atoms with E-state index in [-0.39, 0.29) is 0 Å². The van der Waals surface area contributed by atoms with Crippen molar-refractivity contribution in [2.45, 2.75) is 25.4 Å². The maximum Gasteiger partial charge on any atom is 0.305 e. The number of nitrogens with zero attached hydrogens (tertiary/aromatic N) is 1. The second-order valence-electron chi connectivity index (χ2n) is 4.03. The van der Waals surface area contributed by atoms with Crippen molar-refractivity contribution in [2.75, 3.05) is 0 Å². The smallest absolute Gasteiger partial charge is 0.305 e. The van der Waals surface area contributed by atoms with Gasteiger partial charge < -0.3 is 5.32 Å². The summed E-state index contributed by atoms with van der Waals surface area (Å²) in [5, 5.41) is 13.7. The first kappa shape index (κ1) is 11.7. The van der Waals surface area contributed by atoms with Crippen molar-refractivity contribution in [3.05, 3.63) is 51.8 Å². The fourth-order valence-electron chi connectivity index (χ4n) is 1.88. The molecule has 0 unspecified atom stereocenters. The van der Waals surface area contributed by atoms with Gasteiger partial charge in [-0.05, 0) is 12.8 Å². The minimum absolute atomic E-state index is 0.314. The predicted molar refractivity (Wildman–Crippen MR) is 62.1 cm³/mol. The molecule has 0 saturated carbocycles. The van der Waals surface area contributed by atoms with Crippen LogP contribution in [0.4, 0.5) is 10.1 Å². The molecule has 4 nitrogen and oxygen atoms in total. The van der Waals surface area contributed by atoms with Gasteiger partial charge in [0.15, 0.2) is 0 Å². The quantitative estimate of drug-likeness (QED) is 0.496. The first-order valence-corrected chi connectivity index (χ1v) is 5.48. The highest BCUT2D eigenvalue weighted by atomic mass is 19.1. The van der Waals surface area contributed by atoms with Crippen LogP contribution >= 0.6 is 0 Å². The average Bonchev–Trinajstić information content (AvgIpc) is 2.80. The SMILES string of the molecule is O=[N+]([O-])c1cccc(CNC2CC=CC2)c1F. The van der Waals surface area contributed by atoms with Crippen molar-refractivity contribution in [3.63, 3.8) is 0 Å². The van der Waals surface area contributed by atoms with Crippen molar-refractivity contribution in [3.8, 4) is 0 Å². The molecule has 5 heteroatoms. The van der Waals surface area contributed by atoms with Crippen LogP contribution < -0.4 is 5.32 Å². The second-order valence-corrected chi connectivity index (χ2v) is 4.03. The minimum Gasteiger partial charge on any atom is -0.309 e. The number of hydrogen-bond donors (Lipinski definition) is 1. The lowest BCUT2D eigenvalue weighted by Gasteiger charge is -2.12. The van der Waals surface area contributed by atoms with Crippen LogP contribution in [0.2, 0.25) is 0 Å².